The van der Waals surface area contributed by atoms with Crippen LogP contribution in [0.25, 0.3) is 11.1 Å². The molecule has 0 bridgehead atoms. The molecule has 3 rings (SSSR count). The maximum Gasteiger partial charge on any atom is 0.251 e. The van der Waals surface area contributed by atoms with Gasteiger partial charge in [0.2, 0.25) is 5.91 Å². The lowest BCUT2D eigenvalue weighted by molar-refractivity contribution is -0.120. The number of amides is 2. The van der Waals surface area contributed by atoms with Crippen LogP contribution in [0.4, 0.5) is 0 Å². The van der Waals surface area contributed by atoms with E-state index >= 15 is 0 Å². The molecule has 0 aliphatic carbocycles. The number of carbonyl (C=O) groups excluding carboxylic acids is 2. The van der Waals surface area contributed by atoms with Crippen molar-refractivity contribution >= 4 is 11.8 Å². The van der Waals surface area contributed by atoms with Gasteiger partial charge in [0.15, 0.2) is 0 Å². The molecule has 0 saturated carbocycles. The zero-order chi connectivity index (χ0) is 16.9. The number of nitrogens with one attached hydrogen (secondary N) is 2. The van der Waals surface area contributed by atoms with Crippen molar-refractivity contribution in [1.82, 2.24) is 10.6 Å². The van der Waals surface area contributed by atoms with Crippen LogP contribution in [0.3, 0.4) is 0 Å². The number of benzene rings is 2. The van der Waals surface area contributed by atoms with E-state index in [4.69, 9.17) is 0 Å². The first-order valence-corrected chi connectivity index (χ1v) is 8.37. The number of hydrogen-bond acceptors (Lipinski definition) is 2. The van der Waals surface area contributed by atoms with E-state index < -0.39 is 0 Å². The highest BCUT2D eigenvalue weighted by atomic mass is 16.2. The summed E-state index contributed by atoms with van der Waals surface area (Å²) in [5, 5.41) is 5.89. The van der Waals surface area contributed by atoms with Crippen molar-refractivity contribution in [2.75, 3.05) is 6.54 Å². The summed E-state index contributed by atoms with van der Waals surface area (Å²) < 4.78 is 0. The third kappa shape index (κ3) is 3.82. The second kappa shape index (κ2) is 7.30. The molecule has 1 aliphatic rings. The van der Waals surface area contributed by atoms with E-state index in [1.807, 2.05) is 36.4 Å². The van der Waals surface area contributed by atoms with Crippen LogP contribution in [-0.4, -0.2) is 24.4 Å². The SMILES string of the molecule is Cc1ccccc1-c1cccc(C(=O)NC2CCNC(=O)CC2)c1. The summed E-state index contributed by atoms with van der Waals surface area (Å²) in [6, 6.07) is 15.9. The number of aryl methyl sites for hydroxylation is 1. The van der Waals surface area contributed by atoms with Gasteiger partial charge in [0.05, 0.1) is 0 Å². The average Bonchev–Trinajstić information content (AvgIpc) is 2.80. The molecule has 1 unspecified atom stereocenters. The van der Waals surface area contributed by atoms with Crippen LogP contribution in [0.5, 0.6) is 0 Å². The number of hydrogen-bond donors (Lipinski definition) is 2. The Morgan fingerprint density at radius 3 is 2.79 bits per heavy atom. The summed E-state index contributed by atoms with van der Waals surface area (Å²) in [5.41, 5.74) is 4.01. The van der Waals surface area contributed by atoms with E-state index in [1.165, 1.54) is 5.56 Å². The molecule has 1 aliphatic heterocycles. The molecule has 0 aromatic heterocycles. The zero-order valence-corrected chi connectivity index (χ0v) is 13.8. The van der Waals surface area contributed by atoms with Crippen molar-refractivity contribution in [3.8, 4) is 11.1 Å². The first kappa shape index (κ1) is 16.2. The number of carbonyl (C=O) groups is 2. The molecule has 2 amide bonds. The molecule has 1 heterocycles. The smallest absolute Gasteiger partial charge is 0.251 e. The van der Waals surface area contributed by atoms with Gasteiger partial charge in [-0.2, -0.15) is 0 Å². The Bertz CT molecular complexity index is 755. The van der Waals surface area contributed by atoms with Gasteiger partial charge in [-0.25, -0.2) is 0 Å². The Labute approximate surface area is 142 Å². The molecule has 2 N–H and O–H groups in total. The molecular weight excluding hydrogens is 300 g/mol. The molecule has 1 saturated heterocycles. The van der Waals surface area contributed by atoms with Gasteiger partial charge in [-0.05, 0) is 48.6 Å². The molecule has 1 atom stereocenters. The zero-order valence-electron chi connectivity index (χ0n) is 13.8. The van der Waals surface area contributed by atoms with Gasteiger partial charge < -0.3 is 10.6 Å². The highest BCUT2D eigenvalue weighted by Crippen LogP contribution is 2.24. The van der Waals surface area contributed by atoms with Gasteiger partial charge >= 0.3 is 0 Å². The average molecular weight is 322 g/mol. The normalized spacial score (nSPS) is 17.7. The van der Waals surface area contributed by atoms with Crippen LogP contribution in [-0.2, 0) is 4.79 Å². The Hall–Kier alpha value is -2.62. The van der Waals surface area contributed by atoms with Crippen LogP contribution in [0.2, 0.25) is 0 Å². The summed E-state index contributed by atoms with van der Waals surface area (Å²) in [5.74, 6) is -0.0157. The fourth-order valence-corrected chi connectivity index (χ4v) is 3.06. The lowest BCUT2D eigenvalue weighted by Crippen LogP contribution is -2.35. The maximum absolute atomic E-state index is 12.6. The molecular formula is C20H22N2O2. The lowest BCUT2D eigenvalue weighted by atomic mass is 9.98. The molecule has 124 valence electrons. The minimum Gasteiger partial charge on any atom is -0.356 e. The second-order valence-electron chi connectivity index (χ2n) is 6.24. The summed E-state index contributed by atoms with van der Waals surface area (Å²) in [6.45, 7) is 2.69. The Morgan fingerprint density at radius 1 is 1.12 bits per heavy atom. The molecule has 1 fully saturated rings. The van der Waals surface area contributed by atoms with Gasteiger partial charge in [-0.3, -0.25) is 9.59 Å². The summed E-state index contributed by atoms with van der Waals surface area (Å²) in [7, 11) is 0. The van der Waals surface area contributed by atoms with Crippen LogP contribution in [0.1, 0.15) is 35.2 Å². The van der Waals surface area contributed by atoms with Gasteiger partial charge in [-0.15, -0.1) is 0 Å². The van der Waals surface area contributed by atoms with Gasteiger partial charge in [0.1, 0.15) is 0 Å². The quantitative estimate of drug-likeness (QED) is 0.912. The predicted octanol–water partition coefficient (Wildman–Crippen LogP) is 3.06. The Balaban J connectivity index is 1.75. The highest BCUT2D eigenvalue weighted by Gasteiger charge is 2.18. The third-order valence-corrected chi connectivity index (χ3v) is 4.45. The van der Waals surface area contributed by atoms with Gasteiger partial charge in [0, 0.05) is 24.6 Å². The van der Waals surface area contributed by atoms with Crippen LogP contribution in [0.15, 0.2) is 48.5 Å². The third-order valence-electron chi connectivity index (χ3n) is 4.45. The first-order chi connectivity index (χ1) is 11.6. The lowest BCUT2D eigenvalue weighted by Gasteiger charge is -2.16. The van der Waals surface area contributed by atoms with E-state index in [0.717, 1.165) is 17.5 Å². The van der Waals surface area contributed by atoms with Crippen molar-refractivity contribution in [3.05, 3.63) is 59.7 Å². The van der Waals surface area contributed by atoms with E-state index in [0.29, 0.717) is 24.9 Å². The number of rotatable bonds is 3. The summed E-state index contributed by atoms with van der Waals surface area (Å²) >= 11 is 0. The van der Waals surface area contributed by atoms with E-state index in [1.54, 1.807) is 0 Å². The van der Waals surface area contributed by atoms with Crippen molar-refractivity contribution < 1.29 is 9.59 Å². The fourth-order valence-electron chi connectivity index (χ4n) is 3.06. The van der Waals surface area contributed by atoms with Gasteiger partial charge in [-0.1, -0.05) is 36.4 Å². The molecule has 2 aromatic carbocycles. The van der Waals surface area contributed by atoms with E-state index in [9.17, 15) is 9.59 Å². The van der Waals surface area contributed by atoms with Crippen LogP contribution >= 0.6 is 0 Å². The van der Waals surface area contributed by atoms with Gasteiger partial charge in [0.25, 0.3) is 5.91 Å². The molecule has 2 aromatic rings. The van der Waals surface area contributed by atoms with E-state index in [2.05, 4.69) is 29.7 Å². The molecule has 24 heavy (non-hydrogen) atoms. The van der Waals surface area contributed by atoms with Crippen LogP contribution in [0, 0.1) is 6.92 Å². The Kier molecular flexibility index (Phi) is 4.94. The largest absolute Gasteiger partial charge is 0.356 e. The molecule has 0 spiro atoms. The summed E-state index contributed by atoms with van der Waals surface area (Å²) in [4.78, 5) is 24.0. The monoisotopic (exact) mass is 322 g/mol. The molecule has 0 radical (unpaired) electrons. The first-order valence-electron chi connectivity index (χ1n) is 8.37. The minimum atomic E-state index is -0.0789. The van der Waals surface area contributed by atoms with E-state index in [-0.39, 0.29) is 17.9 Å². The minimum absolute atomic E-state index is 0.0403. The predicted molar refractivity (Wildman–Crippen MR) is 94.7 cm³/mol. The van der Waals surface area contributed by atoms with Crippen molar-refractivity contribution in [3.63, 3.8) is 0 Å². The summed E-state index contributed by atoms with van der Waals surface area (Å²) in [6.07, 6.45) is 1.93. The fraction of sp³-hybridized carbons (Fsp3) is 0.300. The molecule has 4 nitrogen and oxygen atoms in total. The second-order valence-corrected chi connectivity index (χ2v) is 6.24. The standard InChI is InChI=1S/C20H22N2O2/c1-14-5-2-3-8-18(14)15-6-4-7-16(13-15)20(24)22-17-9-10-19(23)21-12-11-17/h2-8,13,17H,9-12H2,1H3,(H,21,23)(H,22,24). The Morgan fingerprint density at radius 2 is 1.96 bits per heavy atom. The molecule has 4 heteroatoms. The topological polar surface area (TPSA) is 58.2 Å². The van der Waals surface area contributed by atoms with Crippen LogP contribution < -0.4 is 10.6 Å². The highest BCUT2D eigenvalue weighted by molar-refractivity contribution is 5.95. The van der Waals surface area contributed by atoms with Crippen molar-refractivity contribution in [2.24, 2.45) is 0 Å². The maximum atomic E-state index is 12.6. The van der Waals surface area contributed by atoms with Crippen molar-refractivity contribution in [2.45, 2.75) is 32.2 Å². The van der Waals surface area contributed by atoms with Crippen molar-refractivity contribution in [1.29, 1.82) is 0 Å².